The van der Waals surface area contributed by atoms with Crippen molar-refractivity contribution in [1.29, 1.82) is 0 Å². The Morgan fingerprint density at radius 2 is 1.95 bits per heavy atom. The van der Waals surface area contributed by atoms with Gasteiger partial charge in [-0.1, -0.05) is 20.8 Å². The van der Waals surface area contributed by atoms with Crippen molar-refractivity contribution in [3.8, 4) is 11.5 Å². The molecule has 0 unspecified atom stereocenters. The lowest BCUT2D eigenvalue weighted by molar-refractivity contribution is 0.101. The fraction of sp³-hybridized carbons (Fsp3) is 0.533. The van der Waals surface area contributed by atoms with Crippen LogP contribution in [0, 0.1) is 0 Å². The zero-order valence-corrected chi connectivity index (χ0v) is 13.1. The number of thioether (sulfide) groups is 1. The molecule has 3 nitrogen and oxygen atoms in total. The van der Waals surface area contributed by atoms with Gasteiger partial charge in [0.1, 0.15) is 0 Å². The second kappa shape index (κ2) is 6.85. The normalized spacial score (nSPS) is 11.2. The Balaban J connectivity index is 2.61. The third-order valence-corrected chi connectivity index (χ3v) is 3.68. The molecule has 1 aromatic carbocycles. The van der Waals surface area contributed by atoms with Gasteiger partial charge in [-0.25, -0.2) is 0 Å². The maximum Gasteiger partial charge on any atom is 0.161 e. The van der Waals surface area contributed by atoms with Gasteiger partial charge in [0.2, 0.25) is 0 Å². The van der Waals surface area contributed by atoms with E-state index >= 15 is 0 Å². The Bertz CT molecular complexity index is 436. The first-order valence-electron chi connectivity index (χ1n) is 6.29. The molecule has 0 amide bonds. The summed E-state index contributed by atoms with van der Waals surface area (Å²) in [6, 6.07) is 5.27. The molecule has 106 valence electrons. The molecule has 0 saturated carbocycles. The van der Waals surface area contributed by atoms with E-state index in [1.807, 2.05) is 11.8 Å². The molecule has 0 fully saturated rings. The minimum atomic E-state index is 0.0214. The van der Waals surface area contributed by atoms with Crippen LogP contribution in [0.4, 0.5) is 0 Å². The highest BCUT2D eigenvalue weighted by Crippen LogP contribution is 2.29. The Morgan fingerprint density at radius 1 is 1.26 bits per heavy atom. The van der Waals surface area contributed by atoms with Gasteiger partial charge >= 0.3 is 0 Å². The van der Waals surface area contributed by atoms with Gasteiger partial charge in [-0.3, -0.25) is 4.79 Å². The lowest BCUT2D eigenvalue weighted by Crippen LogP contribution is -2.12. The number of carbonyl (C=O) groups excluding carboxylic acids is 1. The second-order valence-electron chi connectivity index (χ2n) is 5.23. The molecular formula is C15H22O3S. The van der Waals surface area contributed by atoms with Gasteiger partial charge in [0, 0.05) is 16.1 Å². The van der Waals surface area contributed by atoms with E-state index in [0.29, 0.717) is 23.7 Å². The van der Waals surface area contributed by atoms with Crippen LogP contribution in [0.2, 0.25) is 0 Å². The van der Waals surface area contributed by atoms with E-state index in [2.05, 4.69) is 20.8 Å². The van der Waals surface area contributed by atoms with E-state index in [4.69, 9.17) is 9.47 Å². The van der Waals surface area contributed by atoms with E-state index in [1.54, 1.807) is 25.3 Å². The smallest absolute Gasteiger partial charge is 0.161 e. The van der Waals surface area contributed by atoms with Crippen LogP contribution in [0.15, 0.2) is 18.2 Å². The topological polar surface area (TPSA) is 35.5 Å². The average Bonchev–Trinajstić information content (AvgIpc) is 2.33. The molecule has 1 aromatic rings. The zero-order chi connectivity index (χ0) is 14.5. The van der Waals surface area contributed by atoms with Crippen LogP contribution in [0.5, 0.6) is 11.5 Å². The molecule has 0 aliphatic heterocycles. The second-order valence-corrected chi connectivity index (χ2v) is 7.15. The van der Waals surface area contributed by atoms with E-state index in [1.165, 1.54) is 6.92 Å². The number of ketones is 1. The van der Waals surface area contributed by atoms with Crippen molar-refractivity contribution < 1.29 is 14.3 Å². The first-order valence-corrected chi connectivity index (χ1v) is 7.28. The monoisotopic (exact) mass is 282 g/mol. The molecule has 0 bridgehead atoms. The lowest BCUT2D eigenvalue weighted by atomic mass is 10.1. The molecule has 0 aliphatic rings. The Hall–Kier alpha value is -1.16. The third kappa shape index (κ3) is 5.55. The highest BCUT2D eigenvalue weighted by Gasteiger charge is 2.11. The SMILES string of the molecule is COc1cc(C(C)=O)ccc1OCCSC(C)(C)C. The van der Waals surface area contributed by atoms with Crippen LogP contribution in [0.3, 0.4) is 0 Å². The predicted octanol–water partition coefficient (Wildman–Crippen LogP) is 3.81. The summed E-state index contributed by atoms with van der Waals surface area (Å²) in [4.78, 5) is 11.3. The molecule has 19 heavy (non-hydrogen) atoms. The van der Waals surface area contributed by atoms with Crippen molar-refractivity contribution in [3.05, 3.63) is 23.8 Å². The first kappa shape index (κ1) is 15.9. The number of carbonyl (C=O) groups is 1. The van der Waals surface area contributed by atoms with Crippen LogP contribution in [0.1, 0.15) is 38.1 Å². The van der Waals surface area contributed by atoms with Gasteiger partial charge in [-0.2, -0.15) is 11.8 Å². The highest BCUT2D eigenvalue weighted by atomic mass is 32.2. The summed E-state index contributed by atoms with van der Waals surface area (Å²) in [5, 5.41) is 0. The maximum absolute atomic E-state index is 11.3. The number of ether oxygens (including phenoxy) is 2. The lowest BCUT2D eigenvalue weighted by Gasteiger charge is -2.18. The van der Waals surface area contributed by atoms with Crippen molar-refractivity contribution in [2.24, 2.45) is 0 Å². The number of benzene rings is 1. The molecule has 0 spiro atoms. The van der Waals surface area contributed by atoms with Gasteiger partial charge < -0.3 is 9.47 Å². The fourth-order valence-electron chi connectivity index (χ4n) is 1.51. The van der Waals surface area contributed by atoms with Crippen LogP contribution in [-0.2, 0) is 0 Å². The van der Waals surface area contributed by atoms with Gasteiger partial charge in [-0.15, -0.1) is 0 Å². The summed E-state index contributed by atoms with van der Waals surface area (Å²) < 4.78 is 11.2. The van der Waals surface area contributed by atoms with Crippen molar-refractivity contribution in [2.75, 3.05) is 19.5 Å². The van der Waals surface area contributed by atoms with Crippen molar-refractivity contribution >= 4 is 17.5 Å². The van der Waals surface area contributed by atoms with Crippen LogP contribution < -0.4 is 9.47 Å². The molecule has 0 N–H and O–H groups in total. The van der Waals surface area contributed by atoms with E-state index in [-0.39, 0.29) is 10.5 Å². The summed E-state index contributed by atoms with van der Waals surface area (Å²) in [5.41, 5.74) is 0.633. The number of hydrogen-bond donors (Lipinski definition) is 0. The summed E-state index contributed by atoms with van der Waals surface area (Å²) >= 11 is 1.85. The minimum Gasteiger partial charge on any atom is -0.493 e. The molecule has 0 atom stereocenters. The summed E-state index contributed by atoms with van der Waals surface area (Å²) in [5.74, 6) is 2.23. The molecule has 0 aromatic heterocycles. The Kier molecular flexibility index (Phi) is 5.73. The van der Waals surface area contributed by atoms with Gasteiger partial charge in [-0.05, 0) is 25.1 Å². The van der Waals surface area contributed by atoms with Crippen molar-refractivity contribution in [2.45, 2.75) is 32.4 Å². The Morgan fingerprint density at radius 3 is 2.47 bits per heavy atom. The molecule has 0 radical (unpaired) electrons. The van der Waals surface area contributed by atoms with E-state index in [0.717, 1.165) is 5.75 Å². The summed E-state index contributed by atoms with van der Waals surface area (Å²) in [6.45, 7) is 8.70. The number of rotatable bonds is 6. The van der Waals surface area contributed by atoms with Gasteiger partial charge in [0.15, 0.2) is 17.3 Å². The standard InChI is InChI=1S/C15H22O3S/c1-11(16)12-6-7-13(14(10-12)17-5)18-8-9-19-15(2,3)4/h6-7,10H,8-9H2,1-5H3. The van der Waals surface area contributed by atoms with Crippen LogP contribution >= 0.6 is 11.8 Å². The number of methoxy groups -OCH3 is 1. The van der Waals surface area contributed by atoms with Gasteiger partial charge in [0.25, 0.3) is 0 Å². The average molecular weight is 282 g/mol. The van der Waals surface area contributed by atoms with Crippen molar-refractivity contribution in [1.82, 2.24) is 0 Å². The molecule has 0 aliphatic carbocycles. The third-order valence-electron chi connectivity index (χ3n) is 2.45. The largest absolute Gasteiger partial charge is 0.493 e. The molecule has 0 saturated heterocycles. The summed E-state index contributed by atoms with van der Waals surface area (Å²) in [6.07, 6.45) is 0. The van der Waals surface area contributed by atoms with Crippen LogP contribution in [-0.4, -0.2) is 30.0 Å². The highest BCUT2D eigenvalue weighted by molar-refractivity contribution is 8.00. The summed E-state index contributed by atoms with van der Waals surface area (Å²) in [7, 11) is 1.58. The first-order chi connectivity index (χ1) is 8.83. The predicted molar refractivity (Wildman–Crippen MR) is 80.7 cm³/mol. The minimum absolute atomic E-state index is 0.0214. The number of hydrogen-bond acceptors (Lipinski definition) is 4. The molecule has 4 heteroatoms. The van der Waals surface area contributed by atoms with Crippen molar-refractivity contribution in [3.63, 3.8) is 0 Å². The van der Waals surface area contributed by atoms with E-state index < -0.39 is 0 Å². The van der Waals surface area contributed by atoms with Crippen LogP contribution in [0.25, 0.3) is 0 Å². The quantitative estimate of drug-likeness (QED) is 0.587. The number of Topliss-reactive ketones (excluding diaryl/α,β-unsaturated/α-hetero) is 1. The molecule has 1 rings (SSSR count). The maximum atomic E-state index is 11.3. The van der Waals surface area contributed by atoms with E-state index in [9.17, 15) is 4.79 Å². The molecule has 0 heterocycles. The molecular weight excluding hydrogens is 260 g/mol. The Labute approximate surface area is 119 Å². The zero-order valence-electron chi connectivity index (χ0n) is 12.3. The fourth-order valence-corrected chi connectivity index (χ4v) is 2.28. The van der Waals surface area contributed by atoms with Gasteiger partial charge in [0.05, 0.1) is 13.7 Å².